The first kappa shape index (κ1) is 13.1. The lowest BCUT2D eigenvalue weighted by molar-refractivity contribution is -0.135. The summed E-state index contributed by atoms with van der Waals surface area (Å²) in [5, 5.41) is 6.40. The third-order valence-corrected chi connectivity index (χ3v) is 3.68. The summed E-state index contributed by atoms with van der Waals surface area (Å²) >= 11 is 0. The Kier molecular flexibility index (Phi) is 3.44. The zero-order chi connectivity index (χ0) is 14.1. The van der Waals surface area contributed by atoms with Gasteiger partial charge in [-0.2, -0.15) is 5.10 Å². The van der Waals surface area contributed by atoms with Crippen LogP contribution in [-0.2, 0) is 14.3 Å². The van der Waals surface area contributed by atoms with E-state index in [2.05, 4.69) is 11.2 Å². The van der Waals surface area contributed by atoms with Crippen molar-refractivity contribution in [2.45, 2.75) is 19.9 Å². The van der Waals surface area contributed by atoms with Crippen LogP contribution in [0.25, 0.3) is 0 Å². The van der Waals surface area contributed by atoms with Gasteiger partial charge in [0, 0.05) is 0 Å². The molecule has 3 rings (SSSR count). The molecule has 0 bridgehead atoms. The van der Waals surface area contributed by atoms with Gasteiger partial charge in [0.15, 0.2) is 5.71 Å². The molecule has 5 heteroatoms. The minimum Gasteiger partial charge on any atom is -0.461 e. The number of hydrogen-bond acceptors (Lipinski definition) is 5. The van der Waals surface area contributed by atoms with Crippen LogP contribution in [0, 0.1) is 12.8 Å². The molecule has 1 aromatic carbocycles. The molecule has 1 saturated heterocycles. The first-order valence-electron chi connectivity index (χ1n) is 6.90. The molecule has 5 nitrogen and oxygen atoms in total. The van der Waals surface area contributed by atoms with E-state index in [1.807, 2.05) is 30.1 Å². The standard InChI is InChI=1S/C15H18N2O3/c1-3-20-15(18)14-12-8-19-9-13(12)17(16-14)11-6-4-5-10(2)7-11/h4-7,12-13H,3,8-9H2,1-2H3. The van der Waals surface area contributed by atoms with Crippen molar-refractivity contribution in [3.63, 3.8) is 0 Å². The number of fused-ring (bicyclic) bond motifs is 1. The number of ether oxygens (including phenoxy) is 2. The van der Waals surface area contributed by atoms with Crippen LogP contribution in [0.15, 0.2) is 29.4 Å². The second-order valence-corrected chi connectivity index (χ2v) is 5.10. The maximum absolute atomic E-state index is 12.0. The van der Waals surface area contributed by atoms with Gasteiger partial charge < -0.3 is 9.47 Å². The summed E-state index contributed by atoms with van der Waals surface area (Å²) < 4.78 is 10.6. The lowest BCUT2D eigenvalue weighted by Gasteiger charge is -2.21. The number of hydrazone groups is 1. The first-order valence-corrected chi connectivity index (χ1v) is 6.90. The fraction of sp³-hybridized carbons (Fsp3) is 0.467. The van der Waals surface area contributed by atoms with Crippen molar-refractivity contribution in [1.29, 1.82) is 0 Å². The quantitative estimate of drug-likeness (QED) is 0.788. The number of carbonyl (C=O) groups excluding carboxylic acids is 1. The number of benzene rings is 1. The number of hydrogen-bond donors (Lipinski definition) is 0. The highest BCUT2D eigenvalue weighted by molar-refractivity contribution is 6.38. The highest BCUT2D eigenvalue weighted by atomic mass is 16.5. The van der Waals surface area contributed by atoms with E-state index in [0.717, 1.165) is 11.3 Å². The average molecular weight is 274 g/mol. The van der Waals surface area contributed by atoms with Crippen molar-refractivity contribution in [2.24, 2.45) is 11.0 Å². The largest absolute Gasteiger partial charge is 0.461 e. The smallest absolute Gasteiger partial charge is 0.354 e. The van der Waals surface area contributed by atoms with Crippen molar-refractivity contribution >= 4 is 17.4 Å². The molecule has 1 aromatic rings. The second kappa shape index (κ2) is 5.25. The van der Waals surface area contributed by atoms with Gasteiger partial charge in [-0.15, -0.1) is 0 Å². The summed E-state index contributed by atoms with van der Waals surface area (Å²) in [6.07, 6.45) is 0. The van der Waals surface area contributed by atoms with Crippen LogP contribution in [0.4, 0.5) is 5.69 Å². The van der Waals surface area contributed by atoms with Crippen molar-refractivity contribution in [1.82, 2.24) is 0 Å². The van der Waals surface area contributed by atoms with E-state index < -0.39 is 0 Å². The van der Waals surface area contributed by atoms with Gasteiger partial charge >= 0.3 is 5.97 Å². The summed E-state index contributed by atoms with van der Waals surface area (Å²) in [4.78, 5) is 12.0. The van der Waals surface area contributed by atoms with Crippen LogP contribution in [0.1, 0.15) is 12.5 Å². The molecule has 0 aliphatic carbocycles. The van der Waals surface area contributed by atoms with Crippen LogP contribution in [0.5, 0.6) is 0 Å². The molecule has 0 amide bonds. The van der Waals surface area contributed by atoms with Gasteiger partial charge in [0.1, 0.15) is 0 Å². The molecule has 20 heavy (non-hydrogen) atoms. The SMILES string of the molecule is CCOC(=O)C1=NN(c2cccc(C)c2)C2COCC12. The molecular formula is C15H18N2O3. The Morgan fingerprint density at radius 3 is 3.10 bits per heavy atom. The second-order valence-electron chi connectivity index (χ2n) is 5.10. The third-order valence-electron chi connectivity index (χ3n) is 3.68. The monoisotopic (exact) mass is 274 g/mol. The first-order chi connectivity index (χ1) is 9.70. The predicted octanol–water partition coefficient (Wildman–Crippen LogP) is 1.75. The predicted molar refractivity (Wildman–Crippen MR) is 75.8 cm³/mol. The summed E-state index contributed by atoms with van der Waals surface area (Å²) in [6, 6.07) is 8.19. The number of aryl methyl sites for hydroxylation is 1. The lowest BCUT2D eigenvalue weighted by atomic mass is 9.99. The van der Waals surface area contributed by atoms with E-state index in [1.54, 1.807) is 6.92 Å². The number of nitrogens with zero attached hydrogens (tertiary/aromatic N) is 2. The minimum absolute atomic E-state index is 0.00885. The molecule has 0 radical (unpaired) electrons. The molecule has 0 saturated carbocycles. The zero-order valence-electron chi connectivity index (χ0n) is 11.7. The normalized spacial score (nSPS) is 24.5. The van der Waals surface area contributed by atoms with E-state index >= 15 is 0 Å². The molecule has 2 atom stereocenters. The molecule has 2 aliphatic heterocycles. The van der Waals surface area contributed by atoms with E-state index in [-0.39, 0.29) is 17.9 Å². The van der Waals surface area contributed by atoms with Gasteiger partial charge in [-0.1, -0.05) is 12.1 Å². The zero-order valence-corrected chi connectivity index (χ0v) is 11.7. The van der Waals surface area contributed by atoms with Crippen molar-refractivity contribution in [3.05, 3.63) is 29.8 Å². The molecular weight excluding hydrogens is 256 g/mol. The number of esters is 1. The van der Waals surface area contributed by atoms with Crippen LogP contribution in [-0.4, -0.2) is 37.5 Å². The number of carbonyl (C=O) groups is 1. The molecule has 2 heterocycles. The average Bonchev–Trinajstić information content (AvgIpc) is 3.00. The molecule has 1 fully saturated rings. The molecule has 106 valence electrons. The Labute approximate surface area is 118 Å². The van der Waals surface area contributed by atoms with E-state index in [9.17, 15) is 4.79 Å². The Morgan fingerprint density at radius 1 is 1.50 bits per heavy atom. The third kappa shape index (κ3) is 2.18. The Morgan fingerprint density at radius 2 is 2.35 bits per heavy atom. The van der Waals surface area contributed by atoms with E-state index in [0.29, 0.717) is 25.5 Å². The van der Waals surface area contributed by atoms with Crippen molar-refractivity contribution in [3.8, 4) is 0 Å². The molecule has 0 spiro atoms. The number of anilines is 1. The van der Waals surface area contributed by atoms with Gasteiger partial charge in [-0.3, -0.25) is 5.01 Å². The highest BCUT2D eigenvalue weighted by Crippen LogP contribution is 2.33. The van der Waals surface area contributed by atoms with Crippen LogP contribution in [0.2, 0.25) is 0 Å². The topological polar surface area (TPSA) is 51.1 Å². The Bertz CT molecular complexity index is 556. The van der Waals surface area contributed by atoms with Gasteiger partial charge in [-0.05, 0) is 31.5 Å². The molecule has 0 N–H and O–H groups in total. The van der Waals surface area contributed by atoms with Crippen molar-refractivity contribution in [2.75, 3.05) is 24.8 Å². The summed E-state index contributed by atoms with van der Waals surface area (Å²) in [7, 11) is 0. The summed E-state index contributed by atoms with van der Waals surface area (Å²) in [6.45, 7) is 5.32. The molecule has 2 unspecified atom stereocenters. The number of rotatable bonds is 3. The summed E-state index contributed by atoms with van der Waals surface area (Å²) in [5.74, 6) is -0.322. The van der Waals surface area contributed by atoms with Crippen molar-refractivity contribution < 1.29 is 14.3 Å². The molecule has 2 aliphatic rings. The van der Waals surface area contributed by atoms with Gasteiger partial charge in [-0.25, -0.2) is 4.79 Å². The summed E-state index contributed by atoms with van der Waals surface area (Å²) in [5.41, 5.74) is 2.64. The highest BCUT2D eigenvalue weighted by Gasteiger charge is 2.45. The molecule has 0 aromatic heterocycles. The van der Waals surface area contributed by atoms with E-state index in [1.165, 1.54) is 0 Å². The fourth-order valence-electron chi connectivity index (χ4n) is 2.73. The van der Waals surface area contributed by atoms with Crippen LogP contribution < -0.4 is 5.01 Å². The van der Waals surface area contributed by atoms with Crippen LogP contribution in [0.3, 0.4) is 0 Å². The van der Waals surface area contributed by atoms with E-state index in [4.69, 9.17) is 9.47 Å². The Balaban J connectivity index is 1.93. The Hall–Kier alpha value is -1.88. The maximum atomic E-state index is 12.0. The van der Waals surface area contributed by atoms with Gasteiger partial charge in [0.25, 0.3) is 0 Å². The van der Waals surface area contributed by atoms with Gasteiger partial charge in [0.05, 0.1) is 37.5 Å². The van der Waals surface area contributed by atoms with Gasteiger partial charge in [0.2, 0.25) is 0 Å². The van der Waals surface area contributed by atoms with Crippen LogP contribution >= 0.6 is 0 Å². The maximum Gasteiger partial charge on any atom is 0.354 e. The fourth-order valence-corrected chi connectivity index (χ4v) is 2.73. The lowest BCUT2D eigenvalue weighted by Crippen LogP contribution is -2.34. The minimum atomic E-state index is -0.330.